The van der Waals surface area contributed by atoms with Gasteiger partial charge < -0.3 is 10.3 Å². The van der Waals surface area contributed by atoms with Crippen LogP contribution in [0.5, 0.6) is 0 Å². The highest BCUT2D eigenvalue weighted by molar-refractivity contribution is 5.85. The van der Waals surface area contributed by atoms with Crippen molar-refractivity contribution in [2.45, 2.75) is 24.9 Å². The summed E-state index contributed by atoms with van der Waals surface area (Å²) in [6.45, 7) is 1.95. The molecule has 1 aliphatic heterocycles. The second kappa shape index (κ2) is 6.71. The van der Waals surface area contributed by atoms with Gasteiger partial charge in [-0.2, -0.15) is 13.2 Å². The molecule has 1 aliphatic rings. The summed E-state index contributed by atoms with van der Waals surface area (Å²) in [6.07, 6.45) is -0.549. The van der Waals surface area contributed by atoms with Gasteiger partial charge in [0.2, 0.25) is 0 Å². The van der Waals surface area contributed by atoms with Crippen molar-refractivity contribution in [3.63, 3.8) is 0 Å². The molecule has 2 aromatic rings. The van der Waals surface area contributed by atoms with E-state index >= 15 is 0 Å². The summed E-state index contributed by atoms with van der Waals surface area (Å²) in [5, 5.41) is 3.30. The zero-order chi connectivity index (χ0) is 14.9. The molecule has 3 rings (SSSR count). The Bertz CT molecular complexity index is 601. The Morgan fingerprint density at radius 2 is 1.68 bits per heavy atom. The van der Waals surface area contributed by atoms with Crippen LogP contribution in [0.3, 0.4) is 0 Å². The Morgan fingerprint density at radius 1 is 1.05 bits per heavy atom. The maximum Gasteiger partial charge on any atom is 0.416 e. The van der Waals surface area contributed by atoms with Gasteiger partial charge in [0.15, 0.2) is 0 Å². The van der Waals surface area contributed by atoms with Crippen LogP contribution in [-0.4, -0.2) is 23.1 Å². The molecule has 7 heteroatoms. The van der Waals surface area contributed by atoms with Crippen LogP contribution < -0.4 is 5.32 Å². The highest BCUT2D eigenvalue weighted by Gasteiger charge is 2.30. The van der Waals surface area contributed by atoms with Crippen molar-refractivity contribution in [1.29, 1.82) is 0 Å². The van der Waals surface area contributed by atoms with Gasteiger partial charge in [-0.3, -0.25) is 0 Å². The molecule has 2 N–H and O–H groups in total. The molecule has 0 atom stereocenters. The van der Waals surface area contributed by atoms with Crippen molar-refractivity contribution in [2.24, 2.45) is 0 Å². The van der Waals surface area contributed by atoms with Crippen molar-refractivity contribution in [3.05, 3.63) is 41.9 Å². The summed E-state index contributed by atoms with van der Waals surface area (Å²) < 4.78 is 37.6. The highest BCUT2D eigenvalue weighted by Crippen LogP contribution is 2.31. The fourth-order valence-electron chi connectivity index (χ4n) is 2.62. The molecule has 120 valence electrons. The number of alkyl halides is 3. The van der Waals surface area contributed by atoms with Crippen LogP contribution >= 0.6 is 12.4 Å². The molecule has 0 saturated carbocycles. The lowest BCUT2D eigenvalue weighted by Crippen LogP contribution is -2.27. The summed E-state index contributed by atoms with van der Waals surface area (Å²) in [6, 6.07) is 5.14. The molecule has 1 saturated heterocycles. The van der Waals surface area contributed by atoms with Crippen molar-refractivity contribution in [3.8, 4) is 11.3 Å². The molecule has 1 fully saturated rings. The van der Waals surface area contributed by atoms with Gasteiger partial charge in [0.05, 0.1) is 17.5 Å². The first kappa shape index (κ1) is 16.8. The van der Waals surface area contributed by atoms with E-state index in [2.05, 4.69) is 15.3 Å². The molecule has 2 heterocycles. The van der Waals surface area contributed by atoms with E-state index in [0.29, 0.717) is 5.92 Å². The summed E-state index contributed by atoms with van der Waals surface area (Å²) >= 11 is 0. The molecule has 3 nitrogen and oxygen atoms in total. The van der Waals surface area contributed by atoms with Crippen molar-refractivity contribution < 1.29 is 13.2 Å². The van der Waals surface area contributed by atoms with E-state index in [1.165, 1.54) is 12.1 Å². The van der Waals surface area contributed by atoms with Gasteiger partial charge in [-0.25, -0.2) is 4.98 Å². The normalized spacial score (nSPS) is 16.3. The second-order valence-electron chi connectivity index (χ2n) is 5.28. The predicted molar refractivity (Wildman–Crippen MR) is 81.1 cm³/mol. The maximum absolute atomic E-state index is 12.5. The Balaban J connectivity index is 0.00000176. The number of nitrogens with one attached hydrogen (secondary N) is 2. The van der Waals surface area contributed by atoms with Crippen LogP contribution in [0, 0.1) is 0 Å². The third kappa shape index (κ3) is 3.62. The molecule has 1 aromatic carbocycles. The minimum atomic E-state index is -4.30. The van der Waals surface area contributed by atoms with Gasteiger partial charge in [0.25, 0.3) is 0 Å². The number of rotatable bonds is 2. The van der Waals surface area contributed by atoms with Crippen LogP contribution in [0.1, 0.15) is 30.1 Å². The van der Waals surface area contributed by atoms with E-state index in [1.807, 2.05) is 0 Å². The molecule has 0 amide bonds. The third-order valence-electron chi connectivity index (χ3n) is 3.84. The molecule has 0 unspecified atom stereocenters. The Labute approximate surface area is 132 Å². The number of hydrogen-bond donors (Lipinski definition) is 2. The van der Waals surface area contributed by atoms with Gasteiger partial charge in [0.1, 0.15) is 5.82 Å². The predicted octanol–water partition coefficient (Wildman–Crippen LogP) is 3.98. The van der Waals surface area contributed by atoms with E-state index < -0.39 is 11.7 Å². The van der Waals surface area contributed by atoms with E-state index in [9.17, 15) is 13.2 Å². The molecule has 0 aliphatic carbocycles. The minimum Gasteiger partial charge on any atom is -0.342 e. The van der Waals surface area contributed by atoms with Crippen LogP contribution in [-0.2, 0) is 6.18 Å². The molecule has 22 heavy (non-hydrogen) atoms. The zero-order valence-electron chi connectivity index (χ0n) is 11.8. The molecule has 0 bridgehead atoms. The number of H-pyrrole nitrogens is 1. The van der Waals surface area contributed by atoms with Crippen molar-refractivity contribution in [2.75, 3.05) is 13.1 Å². The van der Waals surface area contributed by atoms with Gasteiger partial charge in [-0.1, -0.05) is 12.1 Å². The van der Waals surface area contributed by atoms with E-state index in [-0.39, 0.29) is 12.4 Å². The highest BCUT2D eigenvalue weighted by atomic mass is 35.5. The summed E-state index contributed by atoms with van der Waals surface area (Å²) in [4.78, 5) is 7.62. The first-order valence-corrected chi connectivity index (χ1v) is 6.97. The molecule has 1 aromatic heterocycles. The van der Waals surface area contributed by atoms with E-state index in [4.69, 9.17) is 0 Å². The Hall–Kier alpha value is -1.53. The largest absolute Gasteiger partial charge is 0.416 e. The second-order valence-corrected chi connectivity index (χ2v) is 5.28. The topological polar surface area (TPSA) is 40.7 Å². The maximum atomic E-state index is 12.5. The lowest BCUT2D eigenvalue weighted by atomic mass is 9.98. The number of halogens is 4. The van der Waals surface area contributed by atoms with Crippen molar-refractivity contribution >= 4 is 12.4 Å². The summed E-state index contributed by atoms with van der Waals surface area (Å²) in [5.74, 6) is 1.32. The third-order valence-corrected chi connectivity index (χ3v) is 3.84. The van der Waals surface area contributed by atoms with Gasteiger partial charge in [-0.15, -0.1) is 12.4 Å². The average Bonchev–Trinajstić information content (AvgIpc) is 2.97. The number of aromatic amines is 1. The number of piperidine rings is 1. The minimum absolute atomic E-state index is 0. The van der Waals surface area contributed by atoms with E-state index in [0.717, 1.165) is 55.1 Å². The van der Waals surface area contributed by atoms with Gasteiger partial charge >= 0.3 is 6.18 Å². The van der Waals surface area contributed by atoms with E-state index in [1.54, 1.807) is 6.20 Å². The Morgan fingerprint density at radius 3 is 2.27 bits per heavy atom. The number of aromatic nitrogens is 2. The zero-order valence-corrected chi connectivity index (χ0v) is 12.6. The van der Waals surface area contributed by atoms with Gasteiger partial charge in [-0.05, 0) is 43.6 Å². The summed E-state index contributed by atoms with van der Waals surface area (Å²) in [7, 11) is 0. The Kier molecular flexibility index (Phi) is 5.13. The van der Waals surface area contributed by atoms with Crippen LogP contribution in [0.15, 0.2) is 30.5 Å². The number of nitrogens with zero attached hydrogens (tertiary/aromatic N) is 1. The first-order valence-electron chi connectivity index (χ1n) is 6.97. The quantitative estimate of drug-likeness (QED) is 0.873. The summed E-state index contributed by atoms with van der Waals surface area (Å²) in [5.41, 5.74) is 0.845. The number of benzene rings is 1. The van der Waals surface area contributed by atoms with Crippen LogP contribution in [0.4, 0.5) is 13.2 Å². The molecular formula is C15H17ClF3N3. The smallest absolute Gasteiger partial charge is 0.342 e. The lowest BCUT2D eigenvalue weighted by Gasteiger charge is -2.20. The van der Waals surface area contributed by atoms with Crippen LogP contribution in [0.2, 0.25) is 0 Å². The molecule has 0 spiro atoms. The van der Waals surface area contributed by atoms with Crippen molar-refractivity contribution in [1.82, 2.24) is 15.3 Å². The average molecular weight is 332 g/mol. The standard InChI is InChI=1S/C15H16F3N3.ClH/c16-15(17,18)12-3-1-10(2-4-12)13-9-20-14(21-13)11-5-7-19-8-6-11;/h1-4,9,11,19H,5-8H2,(H,20,21);1H. The monoisotopic (exact) mass is 331 g/mol. The molecular weight excluding hydrogens is 315 g/mol. The fourth-order valence-corrected chi connectivity index (χ4v) is 2.62. The first-order chi connectivity index (χ1) is 10.0. The van der Waals surface area contributed by atoms with Gasteiger partial charge in [0, 0.05) is 5.92 Å². The fraction of sp³-hybridized carbons (Fsp3) is 0.400. The number of hydrogen-bond acceptors (Lipinski definition) is 2. The molecule has 0 radical (unpaired) electrons. The van der Waals surface area contributed by atoms with Crippen LogP contribution in [0.25, 0.3) is 11.3 Å². The lowest BCUT2D eigenvalue weighted by molar-refractivity contribution is -0.137. The number of imidazole rings is 1. The SMILES string of the molecule is Cl.FC(F)(F)c1ccc(-c2cnc(C3CCNCC3)[nH]2)cc1.